The van der Waals surface area contributed by atoms with E-state index in [9.17, 15) is 0 Å². The standard InChI is InChI=1S/C23H30N2O/c1-15-13-16(2)21(22-24(7)11-12-26-22)17(3)20(15)19-10-9-18(14-25(19)8)23(4,5)6/h9-14H,1-8H3/q+2. The smallest absolute Gasteiger partial charge is 0.380 e. The van der Waals surface area contributed by atoms with E-state index in [4.69, 9.17) is 4.42 Å². The van der Waals surface area contributed by atoms with Gasteiger partial charge in [-0.15, -0.1) is 0 Å². The molecule has 3 rings (SSSR count). The van der Waals surface area contributed by atoms with Crippen molar-refractivity contribution in [3.63, 3.8) is 0 Å². The molecule has 0 N–H and O–H groups in total. The first-order valence-electron chi connectivity index (χ1n) is 9.16. The van der Waals surface area contributed by atoms with Crippen LogP contribution in [0.1, 0.15) is 43.0 Å². The van der Waals surface area contributed by atoms with Crippen LogP contribution >= 0.6 is 0 Å². The van der Waals surface area contributed by atoms with E-state index in [0.29, 0.717) is 0 Å². The van der Waals surface area contributed by atoms with Gasteiger partial charge in [-0.3, -0.25) is 0 Å². The van der Waals surface area contributed by atoms with Gasteiger partial charge in [-0.25, -0.2) is 4.57 Å². The van der Waals surface area contributed by atoms with Crippen LogP contribution in [0.5, 0.6) is 0 Å². The summed E-state index contributed by atoms with van der Waals surface area (Å²) in [5.41, 5.74) is 8.95. The molecule has 0 fully saturated rings. The Morgan fingerprint density at radius 2 is 1.54 bits per heavy atom. The number of benzene rings is 1. The third kappa shape index (κ3) is 3.07. The summed E-state index contributed by atoms with van der Waals surface area (Å²) in [6.07, 6.45) is 5.94. The minimum Gasteiger partial charge on any atom is -0.406 e. The van der Waals surface area contributed by atoms with Crippen molar-refractivity contribution in [2.24, 2.45) is 14.1 Å². The molecule has 0 aliphatic rings. The molecule has 0 unspecified atom stereocenters. The number of oxazole rings is 1. The Bertz CT molecular complexity index is 975. The number of aromatic nitrogens is 2. The summed E-state index contributed by atoms with van der Waals surface area (Å²) in [6.45, 7) is 13.3. The van der Waals surface area contributed by atoms with Crippen LogP contribution in [0.15, 0.2) is 41.3 Å². The van der Waals surface area contributed by atoms with Crippen LogP contribution in [0.2, 0.25) is 0 Å². The van der Waals surface area contributed by atoms with E-state index in [-0.39, 0.29) is 5.41 Å². The Hall–Kier alpha value is -2.42. The van der Waals surface area contributed by atoms with Crippen molar-refractivity contribution in [1.29, 1.82) is 0 Å². The lowest BCUT2D eigenvalue weighted by Crippen LogP contribution is -2.33. The second-order valence-electron chi connectivity index (χ2n) is 8.37. The molecule has 0 aliphatic heterocycles. The van der Waals surface area contributed by atoms with E-state index in [1.54, 1.807) is 6.26 Å². The third-order valence-electron chi connectivity index (χ3n) is 5.23. The van der Waals surface area contributed by atoms with Crippen LogP contribution in [0.4, 0.5) is 0 Å². The molecule has 1 aromatic carbocycles. The predicted octanol–water partition coefficient (Wildman–Crippen LogP) is 4.49. The average Bonchev–Trinajstić information content (AvgIpc) is 2.93. The highest BCUT2D eigenvalue weighted by Crippen LogP contribution is 2.35. The van der Waals surface area contributed by atoms with Crippen LogP contribution in [-0.4, -0.2) is 0 Å². The molecular formula is C23H30N2O+2. The number of hydrogen-bond acceptors (Lipinski definition) is 1. The Balaban J connectivity index is 2.25. The van der Waals surface area contributed by atoms with E-state index < -0.39 is 0 Å². The summed E-state index contributed by atoms with van der Waals surface area (Å²) in [4.78, 5) is 0. The zero-order valence-electron chi connectivity index (χ0n) is 17.3. The van der Waals surface area contributed by atoms with Crippen molar-refractivity contribution < 1.29 is 13.6 Å². The Morgan fingerprint density at radius 1 is 0.885 bits per heavy atom. The lowest BCUT2D eigenvalue weighted by molar-refractivity contribution is -0.662. The van der Waals surface area contributed by atoms with Crippen LogP contribution in [-0.2, 0) is 19.5 Å². The number of pyridine rings is 1. The second kappa shape index (κ2) is 6.39. The quantitative estimate of drug-likeness (QED) is 0.624. The minimum absolute atomic E-state index is 0.140. The van der Waals surface area contributed by atoms with Gasteiger partial charge >= 0.3 is 5.89 Å². The lowest BCUT2D eigenvalue weighted by atomic mass is 9.87. The van der Waals surface area contributed by atoms with Gasteiger partial charge in [0.05, 0.1) is 11.1 Å². The first kappa shape index (κ1) is 18.4. The number of nitrogens with zero attached hydrogens (tertiary/aromatic N) is 2. The SMILES string of the molecule is Cc1cc(C)c(-c2occ[n+]2C)c(C)c1-c1ccc(C(C)(C)C)c[n+]1C. The first-order valence-corrected chi connectivity index (χ1v) is 9.16. The van der Waals surface area contributed by atoms with E-state index in [1.165, 1.54) is 39.1 Å². The summed E-state index contributed by atoms with van der Waals surface area (Å²) in [6, 6.07) is 6.76. The van der Waals surface area contributed by atoms with Crippen molar-refractivity contribution in [2.45, 2.75) is 47.0 Å². The fraction of sp³-hybridized carbons (Fsp3) is 0.391. The van der Waals surface area contributed by atoms with Crippen molar-refractivity contribution in [3.05, 3.63) is 59.1 Å². The highest BCUT2D eigenvalue weighted by Gasteiger charge is 2.26. The van der Waals surface area contributed by atoms with Gasteiger partial charge in [-0.05, 0) is 48.9 Å². The van der Waals surface area contributed by atoms with E-state index in [2.05, 4.69) is 77.6 Å². The predicted molar refractivity (Wildman–Crippen MR) is 105 cm³/mol. The van der Waals surface area contributed by atoms with Gasteiger partial charge in [0, 0.05) is 11.6 Å². The summed E-state index contributed by atoms with van der Waals surface area (Å²) in [5.74, 6) is 0.898. The second-order valence-corrected chi connectivity index (χ2v) is 8.37. The Kier molecular flexibility index (Phi) is 4.51. The maximum atomic E-state index is 5.79. The minimum atomic E-state index is 0.140. The van der Waals surface area contributed by atoms with Crippen LogP contribution in [0, 0.1) is 20.8 Å². The number of rotatable bonds is 2. The molecular weight excluding hydrogens is 320 g/mol. The lowest BCUT2D eigenvalue weighted by Gasteiger charge is -2.18. The molecule has 3 aromatic rings. The van der Waals surface area contributed by atoms with Gasteiger partial charge in [0.1, 0.15) is 14.1 Å². The van der Waals surface area contributed by atoms with Gasteiger partial charge in [-0.2, -0.15) is 4.57 Å². The van der Waals surface area contributed by atoms with Gasteiger partial charge in [0.2, 0.25) is 11.9 Å². The maximum absolute atomic E-state index is 5.79. The molecule has 0 saturated heterocycles. The molecule has 0 spiro atoms. The average molecular weight is 351 g/mol. The Labute approximate surface area is 156 Å². The molecule has 0 bridgehead atoms. The molecule has 0 atom stereocenters. The van der Waals surface area contributed by atoms with Crippen LogP contribution in [0.3, 0.4) is 0 Å². The highest BCUT2D eigenvalue weighted by atomic mass is 16.3. The molecule has 0 saturated carbocycles. The van der Waals surface area contributed by atoms with Crippen LogP contribution < -0.4 is 9.13 Å². The molecule has 0 radical (unpaired) electrons. The van der Waals surface area contributed by atoms with Crippen molar-refractivity contribution in [2.75, 3.05) is 0 Å². The first-order chi connectivity index (χ1) is 12.1. The number of hydrogen-bond donors (Lipinski definition) is 0. The van der Waals surface area contributed by atoms with E-state index >= 15 is 0 Å². The monoisotopic (exact) mass is 350 g/mol. The Morgan fingerprint density at radius 3 is 2.08 bits per heavy atom. The van der Waals surface area contributed by atoms with E-state index in [0.717, 1.165) is 5.89 Å². The van der Waals surface area contributed by atoms with Gasteiger partial charge < -0.3 is 4.42 Å². The van der Waals surface area contributed by atoms with Crippen molar-refractivity contribution in [1.82, 2.24) is 0 Å². The summed E-state index contributed by atoms with van der Waals surface area (Å²) in [5, 5.41) is 0. The van der Waals surface area contributed by atoms with Gasteiger partial charge in [0.15, 0.2) is 12.5 Å². The molecule has 0 amide bonds. The molecule has 2 heterocycles. The fourth-order valence-corrected chi connectivity index (χ4v) is 3.79. The van der Waals surface area contributed by atoms with Gasteiger partial charge in [-0.1, -0.05) is 26.8 Å². The molecule has 26 heavy (non-hydrogen) atoms. The van der Waals surface area contributed by atoms with E-state index in [1.807, 2.05) is 17.8 Å². The molecule has 0 aliphatic carbocycles. The van der Waals surface area contributed by atoms with Crippen molar-refractivity contribution >= 4 is 0 Å². The summed E-state index contributed by atoms with van der Waals surface area (Å²) < 4.78 is 10.1. The summed E-state index contributed by atoms with van der Waals surface area (Å²) >= 11 is 0. The van der Waals surface area contributed by atoms with Crippen molar-refractivity contribution in [3.8, 4) is 22.7 Å². The third-order valence-corrected chi connectivity index (χ3v) is 5.23. The zero-order chi connectivity index (χ0) is 19.2. The molecule has 3 nitrogen and oxygen atoms in total. The largest absolute Gasteiger partial charge is 0.406 e. The fourth-order valence-electron chi connectivity index (χ4n) is 3.79. The number of aryl methyl sites for hydroxylation is 4. The molecule has 136 valence electrons. The van der Waals surface area contributed by atoms with Gasteiger partial charge in [0.25, 0.3) is 0 Å². The maximum Gasteiger partial charge on any atom is 0.380 e. The highest BCUT2D eigenvalue weighted by molar-refractivity contribution is 5.76. The van der Waals surface area contributed by atoms with Crippen LogP contribution in [0.25, 0.3) is 22.7 Å². The topological polar surface area (TPSA) is 20.9 Å². The summed E-state index contributed by atoms with van der Waals surface area (Å²) in [7, 11) is 4.16. The molecule has 3 heteroatoms. The molecule has 2 aromatic heterocycles. The normalized spacial score (nSPS) is 11.8. The zero-order valence-corrected chi connectivity index (χ0v) is 17.3.